The highest BCUT2D eigenvalue weighted by molar-refractivity contribution is 5.28. The molecule has 0 radical (unpaired) electrons. The molecule has 0 saturated carbocycles. The van der Waals surface area contributed by atoms with E-state index in [1.807, 2.05) is 0 Å². The molecule has 0 aromatic heterocycles. The molecular weight excluding hydrogens is 222 g/mol. The van der Waals surface area contributed by atoms with Gasteiger partial charge in [0.25, 0.3) is 0 Å². The van der Waals surface area contributed by atoms with E-state index >= 15 is 0 Å². The van der Waals surface area contributed by atoms with Crippen molar-refractivity contribution < 1.29 is 13.5 Å². The summed E-state index contributed by atoms with van der Waals surface area (Å²) in [6, 6.07) is 11.0. The zero-order chi connectivity index (χ0) is 12.3. The van der Waals surface area contributed by atoms with Gasteiger partial charge in [0, 0.05) is 11.6 Å². The first-order chi connectivity index (χ1) is 8.16. The zero-order valence-electron chi connectivity index (χ0n) is 9.41. The van der Waals surface area contributed by atoms with Crippen molar-refractivity contribution in [2.24, 2.45) is 0 Å². The first-order valence-corrected chi connectivity index (χ1v) is 5.29. The average Bonchev–Trinajstić information content (AvgIpc) is 2.32. The summed E-state index contributed by atoms with van der Waals surface area (Å²) < 4.78 is 31.8. The minimum absolute atomic E-state index is 0.0924. The fraction of sp³-hybridized carbons (Fsp3) is 0.143. The lowest BCUT2D eigenvalue weighted by Crippen LogP contribution is -1.98. The fourth-order valence-corrected chi connectivity index (χ4v) is 1.44. The van der Waals surface area contributed by atoms with Crippen LogP contribution in [0.15, 0.2) is 42.5 Å². The van der Waals surface area contributed by atoms with E-state index in [0.29, 0.717) is 16.9 Å². The second kappa shape index (κ2) is 4.95. The van der Waals surface area contributed by atoms with Crippen molar-refractivity contribution in [3.05, 3.63) is 65.2 Å². The quantitative estimate of drug-likeness (QED) is 0.783. The number of ether oxygens (including phenoxy) is 1. The molecular formula is C14H12F2O. The van der Waals surface area contributed by atoms with E-state index in [-0.39, 0.29) is 18.2 Å². The van der Waals surface area contributed by atoms with Crippen molar-refractivity contribution in [3.63, 3.8) is 0 Å². The predicted octanol–water partition coefficient (Wildman–Crippen LogP) is 3.85. The van der Waals surface area contributed by atoms with E-state index in [2.05, 4.69) is 0 Å². The van der Waals surface area contributed by atoms with Crippen LogP contribution in [-0.2, 0) is 6.61 Å². The highest BCUT2D eigenvalue weighted by Gasteiger charge is 2.03. The number of hydrogen-bond donors (Lipinski definition) is 0. The first-order valence-electron chi connectivity index (χ1n) is 5.29. The third kappa shape index (κ3) is 2.81. The molecule has 0 aliphatic rings. The van der Waals surface area contributed by atoms with E-state index in [1.54, 1.807) is 37.3 Å². The molecule has 0 aliphatic heterocycles. The second-order valence-electron chi connectivity index (χ2n) is 3.79. The third-order valence-corrected chi connectivity index (χ3v) is 2.50. The monoisotopic (exact) mass is 234 g/mol. The van der Waals surface area contributed by atoms with Crippen molar-refractivity contribution in [1.82, 2.24) is 0 Å². The molecule has 17 heavy (non-hydrogen) atoms. The Bertz CT molecular complexity index is 523. The van der Waals surface area contributed by atoms with Crippen LogP contribution in [-0.4, -0.2) is 0 Å². The highest BCUT2D eigenvalue weighted by atomic mass is 19.1. The summed E-state index contributed by atoms with van der Waals surface area (Å²) >= 11 is 0. The van der Waals surface area contributed by atoms with Gasteiger partial charge in [-0.1, -0.05) is 24.3 Å². The van der Waals surface area contributed by atoms with Crippen LogP contribution in [0.1, 0.15) is 11.1 Å². The maximum Gasteiger partial charge on any atom is 0.129 e. The first kappa shape index (κ1) is 11.6. The average molecular weight is 234 g/mol. The Kier molecular flexibility index (Phi) is 3.38. The van der Waals surface area contributed by atoms with Gasteiger partial charge in [-0.25, -0.2) is 8.78 Å². The van der Waals surface area contributed by atoms with Crippen LogP contribution in [0, 0.1) is 18.6 Å². The molecule has 2 aromatic carbocycles. The zero-order valence-corrected chi connectivity index (χ0v) is 9.41. The van der Waals surface area contributed by atoms with Gasteiger partial charge >= 0.3 is 0 Å². The summed E-state index contributed by atoms with van der Waals surface area (Å²) in [5, 5.41) is 0. The van der Waals surface area contributed by atoms with E-state index < -0.39 is 0 Å². The van der Waals surface area contributed by atoms with E-state index in [0.717, 1.165) is 0 Å². The molecule has 0 unspecified atom stereocenters. The van der Waals surface area contributed by atoms with Gasteiger partial charge in [-0.15, -0.1) is 0 Å². The number of benzene rings is 2. The van der Waals surface area contributed by atoms with Crippen LogP contribution < -0.4 is 4.74 Å². The molecule has 2 aromatic rings. The molecule has 0 spiro atoms. The van der Waals surface area contributed by atoms with Crippen LogP contribution in [0.5, 0.6) is 5.75 Å². The third-order valence-electron chi connectivity index (χ3n) is 2.50. The van der Waals surface area contributed by atoms with Gasteiger partial charge < -0.3 is 4.74 Å². The summed E-state index contributed by atoms with van der Waals surface area (Å²) in [7, 11) is 0. The van der Waals surface area contributed by atoms with Crippen LogP contribution in [0.3, 0.4) is 0 Å². The number of rotatable bonds is 3. The fourth-order valence-electron chi connectivity index (χ4n) is 1.44. The van der Waals surface area contributed by atoms with Gasteiger partial charge in [0.1, 0.15) is 24.0 Å². The molecule has 0 saturated heterocycles. The van der Waals surface area contributed by atoms with Crippen LogP contribution in [0.2, 0.25) is 0 Å². The Hall–Kier alpha value is -1.90. The van der Waals surface area contributed by atoms with Gasteiger partial charge in [0.15, 0.2) is 0 Å². The van der Waals surface area contributed by atoms with E-state index in [4.69, 9.17) is 4.74 Å². The lowest BCUT2D eigenvalue weighted by molar-refractivity contribution is 0.298. The Morgan fingerprint density at radius 3 is 2.47 bits per heavy atom. The summed E-state index contributed by atoms with van der Waals surface area (Å²) in [5.41, 5.74) is 1.01. The molecule has 0 heterocycles. The van der Waals surface area contributed by atoms with E-state index in [1.165, 1.54) is 12.1 Å². The largest absolute Gasteiger partial charge is 0.489 e. The predicted molar refractivity (Wildman–Crippen MR) is 61.9 cm³/mol. The topological polar surface area (TPSA) is 9.23 Å². The summed E-state index contributed by atoms with van der Waals surface area (Å²) in [6.07, 6.45) is 0. The number of aryl methyl sites for hydroxylation is 1. The maximum atomic E-state index is 13.3. The van der Waals surface area contributed by atoms with Crippen molar-refractivity contribution in [2.45, 2.75) is 13.5 Å². The molecule has 88 valence electrons. The molecule has 0 aliphatic carbocycles. The molecule has 1 nitrogen and oxygen atoms in total. The number of halogens is 2. The van der Waals surface area contributed by atoms with Crippen molar-refractivity contribution in [1.29, 1.82) is 0 Å². The minimum atomic E-state index is -0.323. The number of hydrogen-bond acceptors (Lipinski definition) is 1. The second-order valence-corrected chi connectivity index (χ2v) is 3.79. The summed E-state index contributed by atoms with van der Waals surface area (Å²) in [5.74, 6) is -0.243. The SMILES string of the molecule is Cc1ccc(OCc2ccccc2F)cc1F. The summed E-state index contributed by atoms with van der Waals surface area (Å²) in [4.78, 5) is 0. The molecule has 0 fully saturated rings. The van der Waals surface area contributed by atoms with E-state index in [9.17, 15) is 8.78 Å². The van der Waals surface area contributed by atoms with Gasteiger partial charge in [0.05, 0.1) is 0 Å². The normalized spacial score (nSPS) is 10.3. The van der Waals surface area contributed by atoms with Gasteiger partial charge in [-0.05, 0) is 24.6 Å². The molecule has 0 N–H and O–H groups in total. The van der Waals surface area contributed by atoms with Crippen molar-refractivity contribution in [3.8, 4) is 5.75 Å². The van der Waals surface area contributed by atoms with Gasteiger partial charge in [-0.3, -0.25) is 0 Å². The summed E-state index contributed by atoms with van der Waals surface area (Å²) in [6.45, 7) is 1.77. The van der Waals surface area contributed by atoms with Gasteiger partial charge in [0.2, 0.25) is 0 Å². The van der Waals surface area contributed by atoms with Crippen molar-refractivity contribution in [2.75, 3.05) is 0 Å². The lowest BCUT2D eigenvalue weighted by Gasteiger charge is -2.07. The molecule has 3 heteroatoms. The molecule has 0 atom stereocenters. The smallest absolute Gasteiger partial charge is 0.129 e. The maximum absolute atomic E-state index is 13.3. The Labute approximate surface area is 98.7 Å². The molecule has 2 rings (SSSR count). The van der Waals surface area contributed by atoms with Crippen LogP contribution in [0.4, 0.5) is 8.78 Å². The van der Waals surface area contributed by atoms with Crippen LogP contribution in [0.25, 0.3) is 0 Å². The lowest BCUT2D eigenvalue weighted by atomic mass is 10.2. The molecule has 0 bridgehead atoms. The highest BCUT2D eigenvalue weighted by Crippen LogP contribution is 2.17. The standard InChI is InChI=1S/C14H12F2O/c1-10-6-7-12(8-14(10)16)17-9-11-4-2-3-5-13(11)15/h2-8H,9H2,1H3. The van der Waals surface area contributed by atoms with Crippen LogP contribution >= 0.6 is 0 Å². The molecule has 0 amide bonds. The van der Waals surface area contributed by atoms with Crippen molar-refractivity contribution >= 4 is 0 Å². The minimum Gasteiger partial charge on any atom is -0.489 e. The Morgan fingerprint density at radius 1 is 1.00 bits per heavy atom. The Morgan fingerprint density at radius 2 is 1.76 bits per heavy atom. The van der Waals surface area contributed by atoms with Gasteiger partial charge in [-0.2, -0.15) is 0 Å². The Balaban J connectivity index is 2.08.